The van der Waals surface area contributed by atoms with E-state index in [2.05, 4.69) is 20.8 Å². The third kappa shape index (κ3) is 5.18. The molecule has 3 rings (SSSR count). The van der Waals surface area contributed by atoms with Gasteiger partial charge in [-0.05, 0) is 43.3 Å². The fourth-order valence-electron chi connectivity index (χ4n) is 2.37. The number of amides is 2. The van der Waals surface area contributed by atoms with Gasteiger partial charge in [0.25, 0.3) is 0 Å². The van der Waals surface area contributed by atoms with Gasteiger partial charge in [-0.1, -0.05) is 29.5 Å². The highest BCUT2D eigenvalue weighted by Gasteiger charge is 2.10. The van der Waals surface area contributed by atoms with Gasteiger partial charge >= 0.3 is 0 Å². The van der Waals surface area contributed by atoms with Crippen molar-refractivity contribution in [3.8, 4) is 5.69 Å². The van der Waals surface area contributed by atoms with E-state index in [-0.39, 0.29) is 17.6 Å². The lowest BCUT2D eigenvalue weighted by molar-refractivity contribution is -0.114. The molecular weight excluding hydrogens is 362 g/mol. The van der Waals surface area contributed by atoms with E-state index < -0.39 is 0 Å². The minimum Gasteiger partial charge on any atom is -0.326 e. The predicted molar refractivity (Wildman–Crippen MR) is 106 cm³/mol. The molecule has 0 saturated heterocycles. The molecule has 0 atom stereocenters. The van der Waals surface area contributed by atoms with E-state index >= 15 is 0 Å². The molecule has 138 valence electrons. The van der Waals surface area contributed by atoms with Crippen molar-refractivity contribution in [2.75, 3.05) is 16.4 Å². The van der Waals surface area contributed by atoms with Crippen molar-refractivity contribution in [1.82, 2.24) is 14.8 Å². The summed E-state index contributed by atoms with van der Waals surface area (Å²) in [5.74, 6) is -0.0792. The Kier molecular flexibility index (Phi) is 5.87. The van der Waals surface area contributed by atoms with Crippen LogP contribution in [0.15, 0.2) is 60.0 Å². The molecule has 0 spiro atoms. The van der Waals surface area contributed by atoms with E-state index in [4.69, 9.17) is 0 Å². The number of benzene rings is 2. The smallest absolute Gasteiger partial charge is 0.234 e. The first kappa shape index (κ1) is 18.7. The molecule has 8 heteroatoms. The van der Waals surface area contributed by atoms with Gasteiger partial charge in [-0.15, -0.1) is 10.2 Å². The second-order valence-corrected chi connectivity index (χ2v) is 6.86. The second-order valence-electron chi connectivity index (χ2n) is 5.91. The van der Waals surface area contributed by atoms with E-state index in [0.717, 1.165) is 5.69 Å². The minimum atomic E-state index is -0.147. The van der Waals surface area contributed by atoms with Crippen molar-refractivity contribution >= 4 is 35.0 Å². The maximum atomic E-state index is 12.2. The summed E-state index contributed by atoms with van der Waals surface area (Å²) in [5.41, 5.74) is 3.46. The van der Waals surface area contributed by atoms with Gasteiger partial charge in [0.1, 0.15) is 6.33 Å². The highest BCUT2D eigenvalue weighted by molar-refractivity contribution is 7.99. The molecule has 3 aromatic rings. The van der Waals surface area contributed by atoms with E-state index in [1.165, 1.54) is 24.2 Å². The Labute approximate surface area is 161 Å². The normalized spacial score (nSPS) is 10.4. The Bertz CT molecular complexity index is 935. The Balaban J connectivity index is 1.58. The van der Waals surface area contributed by atoms with Gasteiger partial charge in [0.05, 0.1) is 5.75 Å². The van der Waals surface area contributed by atoms with Crippen LogP contribution in [0.5, 0.6) is 0 Å². The number of anilines is 2. The van der Waals surface area contributed by atoms with E-state index in [0.29, 0.717) is 16.5 Å². The molecule has 2 amide bonds. The van der Waals surface area contributed by atoms with E-state index in [9.17, 15) is 9.59 Å². The molecule has 0 unspecified atom stereocenters. The molecule has 0 radical (unpaired) electrons. The van der Waals surface area contributed by atoms with E-state index in [1.54, 1.807) is 30.6 Å². The molecule has 0 aliphatic carbocycles. The summed E-state index contributed by atoms with van der Waals surface area (Å²) in [6, 6.07) is 14.9. The van der Waals surface area contributed by atoms with Crippen LogP contribution in [0.4, 0.5) is 11.4 Å². The number of rotatable bonds is 6. The molecule has 0 saturated carbocycles. The van der Waals surface area contributed by atoms with E-state index in [1.807, 2.05) is 35.8 Å². The first-order chi connectivity index (χ1) is 13.0. The first-order valence-corrected chi connectivity index (χ1v) is 9.27. The lowest BCUT2D eigenvalue weighted by Gasteiger charge is -2.08. The molecule has 1 aromatic heterocycles. The highest BCUT2D eigenvalue weighted by atomic mass is 32.2. The van der Waals surface area contributed by atoms with Gasteiger partial charge in [-0.3, -0.25) is 14.2 Å². The maximum absolute atomic E-state index is 12.2. The summed E-state index contributed by atoms with van der Waals surface area (Å²) in [5, 5.41) is 14.2. The molecule has 1 heterocycles. The third-order valence-electron chi connectivity index (χ3n) is 3.65. The molecule has 0 bridgehead atoms. The quantitative estimate of drug-likeness (QED) is 0.640. The lowest BCUT2D eigenvalue weighted by Crippen LogP contribution is -2.14. The van der Waals surface area contributed by atoms with Gasteiger partial charge < -0.3 is 10.6 Å². The number of carbonyl (C=O) groups excluding carboxylic acids is 2. The summed E-state index contributed by atoms with van der Waals surface area (Å²) in [7, 11) is 0. The van der Waals surface area contributed by atoms with Crippen molar-refractivity contribution in [2.24, 2.45) is 0 Å². The predicted octanol–water partition coefficient (Wildman–Crippen LogP) is 3.26. The van der Waals surface area contributed by atoms with Crippen molar-refractivity contribution in [3.63, 3.8) is 0 Å². The largest absolute Gasteiger partial charge is 0.326 e. The summed E-state index contributed by atoms with van der Waals surface area (Å²) in [4.78, 5) is 23.2. The summed E-state index contributed by atoms with van der Waals surface area (Å²) >= 11 is 1.31. The Morgan fingerprint density at radius 2 is 1.63 bits per heavy atom. The number of nitrogens with zero attached hydrogens (tertiary/aromatic N) is 3. The van der Waals surface area contributed by atoms with Crippen molar-refractivity contribution in [2.45, 2.75) is 19.0 Å². The molecule has 0 aliphatic heterocycles. The van der Waals surface area contributed by atoms with Crippen molar-refractivity contribution in [3.05, 3.63) is 60.4 Å². The molecule has 2 aromatic carbocycles. The van der Waals surface area contributed by atoms with Crippen LogP contribution in [0.3, 0.4) is 0 Å². The monoisotopic (exact) mass is 381 g/mol. The average molecular weight is 381 g/mol. The van der Waals surface area contributed by atoms with Crippen LogP contribution in [0, 0.1) is 6.92 Å². The zero-order valence-electron chi connectivity index (χ0n) is 15.0. The van der Waals surface area contributed by atoms with Crippen LogP contribution in [0.25, 0.3) is 5.69 Å². The fraction of sp³-hybridized carbons (Fsp3) is 0.158. The van der Waals surface area contributed by atoms with Crippen molar-refractivity contribution in [1.29, 1.82) is 0 Å². The summed E-state index contributed by atoms with van der Waals surface area (Å²) in [6.45, 7) is 3.47. The Hall–Kier alpha value is -3.13. The van der Waals surface area contributed by atoms with Crippen LogP contribution in [0.1, 0.15) is 12.5 Å². The maximum Gasteiger partial charge on any atom is 0.234 e. The number of aromatic nitrogens is 3. The van der Waals surface area contributed by atoms with Crippen LogP contribution >= 0.6 is 11.8 Å². The number of nitrogens with one attached hydrogen (secondary N) is 2. The molecule has 7 nitrogen and oxygen atoms in total. The van der Waals surface area contributed by atoms with Gasteiger partial charge in [-0.2, -0.15) is 0 Å². The van der Waals surface area contributed by atoms with Crippen LogP contribution in [-0.4, -0.2) is 32.3 Å². The molecule has 0 fully saturated rings. The zero-order chi connectivity index (χ0) is 19.2. The Morgan fingerprint density at radius 3 is 2.26 bits per heavy atom. The number of aryl methyl sites for hydroxylation is 1. The van der Waals surface area contributed by atoms with Gasteiger partial charge in [0.15, 0.2) is 5.16 Å². The SMILES string of the molecule is CC(=O)Nc1ccc(NC(=O)CSc2nncn2-c2ccc(C)cc2)cc1. The number of hydrogen-bond donors (Lipinski definition) is 2. The lowest BCUT2D eigenvalue weighted by atomic mass is 10.2. The van der Waals surface area contributed by atoms with Gasteiger partial charge in [-0.25, -0.2) is 0 Å². The molecule has 27 heavy (non-hydrogen) atoms. The standard InChI is InChI=1S/C19H19N5O2S/c1-13-3-9-17(10-4-13)24-12-20-23-19(24)27-11-18(26)22-16-7-5-15(6-8-16)21-14(2)25/h3-10,12H,11H2,1-2H3,(H,21,25)(H,22,26). The molecule has 0 aliphatic rings. The molecule has 2 N–H and O–H groups in total. The third-order valence-corrected chi connectivity index (χ3v) is 4.59. The molecular formula is C19H19N5O2S. The topological polar surface area (TPSA) is 88.9 Å². The second kappa shape index (κ2) is 8.50. The van der Waals surface area contributed by atoms with Crippen LogP contribution < -0.4 is 10.6 Å². The fourth-order valence-corrected chi connectivity index (χ4v) is 3.10. The number of thioether (sulfide) groups is 1. The number of carbonyl (C=O) groups is 2. The number of hydrogen-bond acceptors (Lipinski definition) is 5. The zero-order valence-corrected chi connectivity index (χ0v) is 15.8. The Morgan fingerprint density at radius 1 is 1.00 bits per heavy atom. The van der Waals surface area contributed by atoms with Gasteiger partial charge in [0, 0.05) is 24.0 Å². The van der Waals surface area contributed by atoms with Gasteiger partial charge in [0.2, 0.25) is 11.8 Å². The van der Waals surface area contributed by atoms with Crippen molar-refractivity contribution < 1.29 is 9.59 Å². The first-order valence-electron chi connectivity index (χ1n) is 8.28. The van der Waals surface area contributed by atoms with Crippen LogP contribution in [-0.2, 0) is 9.59 Å². The minimum absolute atomic E-state index is 0.138. The summed E-state index contributed by atoms with van der Waals surface area (Å²) in [6.07, 6.45) is 1.63. The van der Waals surface area contributed by atoms with Crippen LogP contribution in [0.2, 0.25) is 0 Å². The highest BCUT2D eigenvalue weighted by Crippen LogP contribution is 2.20. The average Bonchev–Trinajstić information content (AvgIpc) is 3.10. The summed E-state index contributed by atoms with van der Waals surface area (Å²) < 4.78 is 1.85.